The van der Waals surface area contributed by atoms with Gasteiger partial charge in [-0.05, 0) is 129 Å². The van der Waals surface area contributed by atoms with Crippen molar-refractivity contribution in [3.05, 3.63) is 65.0 Å². The molecule has 4 nitrogen and oxygen atoms in total. The number of fused-ring (bicyclic) bond motifs is 1. The fraction of sp³-hybridized carbons (Fsp3) is 0.576. The van der Waals surface area contributed by atoms with E-state index in [2.05, 4.69) is 4.90 Å². The first kappa shape index (κ1) is 34.3. The summed E-state index contributed by atoms with van der Waals surface area (Å²) in [6.07, 6.45) is 1.37. The van der Waals surface area contributed by atoms with Gasteiger partial charge in [0.2, 0.25) is 0 Å². The van der Waals surface area contributed by atoms with Crippen LogP contribution in [0.15, 0.2) is 42.5 Å². The first-order valence-electron chi connectivity index (χ1n) is 15.4. The largest absolute Gasteiger partial charge is 0.508 e. The highest BCUT2D eigenvalue weighted by molar-refractivity contribution is 7.91. The molecule has 1 aliphatic carbocycles. The minimum absolute atomic E-state index is 0.172. The molecule has 2 aromatic rings. The Morgan fingerprint density at radius 3 is 2.45 bits per heavy atom. The van der Waals surface area contributed by atoms with Crippen molar-refractivity contribution in [2.24, 2.45) is 0 Å². The van der Waals surface area contributed by atoms with Crippen LogP contribution in [0.1, 0.15) is 87.3 Å². The molecule has 2 aromatic carbocycles. The number of allylic oxidation sites excluding steroid dienone is 2. The van der Waals surface area contributed by atoms with Crippen LogP contribution in [0.2, 0.25) is 0 Å². The fourth-order valence-electron chi connectivity index (χ4n) is 6.51. The molecule has 0 bridgehead atoms. The van der Waals surface area contributed by atoms with Crippen LogP contribution in [-0.4, -0.2) is 61.2 Å². The maximum absolute atomic E-state index is 14.1. The molecule has 1 aliphatic heterocycles. The lowest BCUT2D eigenvalue weighted by atomic mass is 9.89. The lowest BCUT2D eigenvalue weighted by Gasteiger charge is -2.24. The number of unbranched alkanes of at least 4 members (excludes halogenated alkanes) is 2. The summed E-state index contributed by atoms with van der Waals surface area (Å²) >= 11 is 0. The van der Waals surface area contributed by atoms with Gasteiger partial charge in [0.05, 0.1) is 11.5 Å². The number of halogens is 6. The van der Waals surface area contributed by atoms with Gasteiger partial charge in [-0.15, -0.1) is 0 Å². The zero-order valence-electron chi connectivity index (χ0n) is 24.8. The van der Waals surface area contributed by atoms with E-state index in [-0.39, 0.29) is 24.0 Å². The third-order valence-electron chi connectivity index (χ3n) is 8.83. The molecule has 44 heavy (non-hydrogen) atoms. The molecule has 11 heteroatoms. The van der Waals surface area contributed by atoms with Crippen LogP contribution in [0.3, 0.4) is 0 Å². The Labute approximate surface area is 256 Å². The zero-order chi connectivity index (χ0) is 32.0. The molecule has 2 aliphatic rings. The highest BCUT2D eigenvalue weighted by Crippen LogP contribution is 2.40. The molecule has 0 radical (unpaired) electrons. The van der Waals surface area contributed by atoms with Gasteiger partial charge in [-0.25, -0.2) is 12.8 Å². The minimum atomic E-state index is -5.75. The van der Waals surface area contributed by atoms with E-state index in [1.165, 1.54) is 11.6 Å². The average Bonchev–Trinajstić information content (AvgIpc) is 3.31. The van der Waals surface area contributed by atoms with Gasteiger partial charge in [0.15, 0.2) is 9.84 Å². The maximum atomic E-state index is 14.1. The molecule has 4 rings (SSSR count). The topological polar surface area (TPSA) is 57.6 Å². The van der Waals surface area contributed by atoms with Gasteiger partial charge in [-0.1, -0.05) is 24.6 Å². The number of phenolic OH excluding ortho intramolecular Hbond substituents is 1. The van der Waals surface area contributed by atoms with E-state index in [0.29, 0.717) is 6.42 Å². The van der Waals surface area contributed by atoms with Gasteiger partial charge in [-0.2, -0.15) is 22.0 Å². The van der Waals surface area contributed by atoms with Gasteiger partial charge in [0, 0.05) is 12.5 Å². The monoisotopic (exact) mass is 645 g/mol. The van der Waals surface area contributed by atoms with Crippen molar-refractivity contribution in [1.82, 2.24) is 4.90 Å². The van der Waals surface area contributed by atoms with E-state index in [1.807, 2.05) is 18.2 Å². The maximum Gasteiger partial charge on any atom is 0.453 e. The van der Waals surface area contributed by atoms with Gasteiger partial charge in [0.25, 0.3) is 0 Å². The van der Waals surface area contributed by atoms with Crippen molar-refractivity contribution in [1.29, 1.82) is 0 Å². The van der Waals surface area contributed by atoms with Gasteiger partial charge in [-0.3, -0.25) is 0 Å². The number of sulfone groups is 1. The molecule has 1 atom stereocenters. The second-order valence-electron chi connectivity index (χ2n) is 12.1. The number of hydrogen-bond donors (Lipinski definition) is 1. The third kappa shape index (κ3) is 9.25. The molecule has 0 aromatic heterocycles. The lowest BCUT2D eigenvalue weighted by Crippen LogP contribution is -2.38. The van der Waals surface area contributed by atoms with Crippen LogP contribution in [-0.2, 0) is 16.3 Å². The number of hydrogen-bond acceptors (Lipinski definition) is 4. The van der Waals surface area contributed by atoms with E-state index < -0.39 is 39.9 Å². The summed E-state index contributed by atoms with van der Waals surface area (Å²) in [7, 11) is -4.01. The number of nitrogens with zero attached hydrogens (tertiary/aromatic N) is 1. The molecule has 1 heterocycles. The molecule has 1 N–H and O–H groups in total. The van der Waals surface area contributed by atoms with Crippen LogP contribution in [0.5, 0.6) is 5.75 Å². The van der Waals surface area contributed by atoms with Crippen molar-refractivity contribution < 1.29 is 39.9 Å². The van der Waals surface area contributed by atoms with Crippen LogP contribution < -0.4 is 0 Å². The van der Waals surface area contributed by atoms with E-state index >= 15 is 0 Å². The predicted molar refractivity (Wildman–Crippen MR) is 161 cm³/mol. The van der Waals surface area contributed by atoms with Crippen LogP contribution in [0.25, 0.3) is 11.1 Å². The Morgan fingerprint density at radius 2 is 1.70 bits per heavy atom. The predicted octanol–water partition coefficient (Wildman–Crippen LogP) is 8.59. The molecule has 0 unspecified atom stereocenters. The summed E-state index contributed by atoms with van der Waals surface area (Å²) in [6, 6.07) is 12.3. The summed E-state index contributed by atoms with van der Waals surface area (Å²) in [5, 5.41) is 10.1. The quantitative estimate of drug-likeness (QED) is 0.165. The Balaban J connectivity index is 1.28. The van der Waals surface area contributed by atoms with Crippen molar-refractivity contribution in [3.8, 4) is 5.75 Å². The molecule has 1 fully saturated rings. The number of likely N-dealkylation sites (tertiary alicyclic amines) is 1. The number of benzene rings is 2. The summed E-state index contributed by atoms with van der Waals surface area (Å²) in [4.78, 5) is 2.32. The van der Waals surface area contributed by atoms with E-state index in [9.17, 15) is 39.9 Å². The second kappa shape index (κ2) is 14.7. The van der Waals surface area contributed by atoms with Gasteiger partial charge in [0.1, 0.15) is 11.6 Å². The van der Waals surface area contributed by atoms with Crippen molar-refractivity contribution in [2.45, 2.75) is 95.2 Å². The molecule has 0 spiro atoms. The Kier molecular flexibility index (Phi) is 11.5. The Hall–Kier alpha value is -2.53. The first-order chi connectivity index (χ1) is 20.8. The molecular weight excluding hydrogens is 604 g/mol. The van der Waals surface area contributed by atoms with Crippen LogP contribution >= 0.6 is 0 Å². The SMILES string of the molecule is O=S(=O)(CCC[C@@H]1CCCN1CCCCCC1=C(c2cccc(F)c2)CCCc2cc(O)ccc21)CCC(F)(F)C(F)(F)F. The normalized spacial score (nSPS) is 18.5. The standard InChI is InChI=1S/C33H41F6NO3S/c34-26-10-4-8-24(22-26)29-14-5-9-25-23-28(41)15-16-30(25)31(29)13-2-1-3-18-40-19-6-11-27(40)12-7-20-44(42,43)21-17-32(35,36)33(37,38)39/h4,8,10,15-16,22-23,27,41H,1-3,5-7,9,11-14,17-21H2/t27-/m0/s1. The summed E-state index contributed by atoms with van der Waals surface area (Å²) in [6.45, 7) is 1.73. The van der Waals surface area contributed by atoms with Crippen LogP contribution in [0.4, 0.5) is 26.3 Å². The highest BCUT2D eigenvalue weighted by Gasteiger charge is 2.57. The molecule has 0 amide bonds. The average molecular weight is 646 g/mol. The Bertz CT molecular complexity index is 1410. The minimum Gasteiger partial charge on any atom is -0.508 e. The number of aryl methyl sites for hydroxylation is 1. The highest BCUT2D eigenvalue weighted by atomic mass is 32.2. The smallest absolute Gasteiger partial charge is 0.453 e. The second-order valence-corrected chi connectivity index (χ2v) is 14.4. The van der Waals surface area contributed by atoms with Crippen molar-refractivity contribution >= 4 is 21.0 Å². The zero-order valence-corrected chi connectivity index (χ0v) is 25.6. The van der Waals surface area contributed by atoms with E-state index in [1.54, 1.807) is 18.2 Å². The fourth-order valence-corrected chi connectivity index (χ4v) is 7.88. The number of aromatic hydroxyl groups is 1. The first-order valence-corrected chi connectivity index (χ1v) is 17.3. The number of phenols is 1. The Morgan fingerprint density at radius 1 is 0.909 bits per heavy atom. The third-order valence-corrected chi connectivity index (χ3v) is 10.6. The molecular formula is C33H41F6NO3S. The van der Waals surface area contributed by atoms with E-state index in [4.69, 9.17) is 0 Å². The van der Waals surface area contributed by atoms with Crippen molar-refractivity contribution in [3.63, 3.8) is 0 Å². The lowest BCUT2D eigenvalue weighted by molar-refractivity contribution is -0.282. The van der Waals surface area contributed by atoms with Gasteiger partial charge >= 0.3 is 12.1 Å². The van der Waals surface area contributed by atoms with Gasteiger partial charge < -0.3 is 10.0 Å². The van der Waals surface area contributed by atoms with Crippen LogP contribution in [0, 0.1) is 5.82 Å². The van der Waals surface area contributed by atoms with Crippen molar-refractivity contribution in [2.75, 3.05) is 24.6 Å². The summed E-state index contributed by atoms with van der Waals surface area (Å²) in [5.41, 5.74) is 5.43. The molecule has 244 valence electrons. The summed E-state index contributed by atoms with van der Waals surface area (Å²) < 4.78 is 102. The summed E-state index contributed by atoms with van der Waals surface area (Å²) in [5.74, 6) is -6.63. The molecule has 1 saturated heterocycles. The number of rotatable bonds is 14. The number of alkyl halides is 5. The van der Waals surface area contributed by atoms with E-state index in [0.717, 1.165) is 93.1 Å². The molecule has 0 saturated carbocycles.